The number of carbonyl (C=O) groups is 2. The molecule has 0 radical (unpaired) electrons. The summed E-state index contributed by atoms with van der Waals surface area (Å²) in [5.41, 5.74) is 5.18. The summed E-state index contributed by atoms with van der Waals surface area (Å²) in [5.74, 6) is 0.205. The second kappa shape index (κ2) is 12.2. The zero-order valence-electron chi connectivity index (χ0n) is 21.7. The van der Waals surface area contributed by atoms with Crippen LogP contribution in [0, 0.1) is 6.92 Å². The maximum absolute atomic E-state index is 13.0. The van der Waals surface area contributed by atoms with E-state index < -0.39 is 0 Å². The molecule has 2 amide bonds. The number of aryl methyl sites for hydroxylation is 1. The van der Waals surface area contributed by atoms with Gasteiger partial charge in [0.1, 0.15) is 12.4 Å². The second-order valence-corrected chi connectivity index (χ2v) is 9.26. The smallest absolute Gasteiger partial charge is 0.255 e. The molecule has 1 aliphatic heterocycles. The fraction of sp³-hybridized carbons (Fsp3) is 0.194. The summed E-state index contributed by atoms with van der Waals surface area (Å²) in [6, 6.07) is 23.8. The molecule has 8 nitrogen and oxygen atoms in total. The van der Waals surface area contributed by atoms with Gasteiger partial charge in [0.2, 0.25) is 0 Å². The molecule has 5 rings (SSSR count). The first-order valence-corrected chi connectivity index (χ1v) is 12.8. The maximum Gasteiger partial charge on any atom is 0.255 e. The van der Waals surface area contributed by atoms with Gasteiger partial charge in [-0.25, -0.2) is 0 Å². The normalized spacial score (nSPS) is 13.0. The van der Waals surface area contributed by atoms with E-state index in [4.69, 9.17) is 9.47 Å². The van der Waals surface area contributed by atoms with Crippen LogP contribution >= 0.6 is 0 Å². The van der Waals surface area contributed by atoms with Gasteiger partial charge in [-0.3, -0.25) is 14.6 Å². The van der Waals surface area contributed by atoms with E-state index in [1.807, 2.05) is 49.4 Å². The van der Waals surface area contributed by atoms with Crippen molar-refractivity contribution in [3.05, 3.63) is 114 Å². The Morgan fingerprint density at radius 1 is 0.872 bits per heavy atom. The number of nitrogens with one attached hydrogen (secondary N) is 2. The molecular weight excluding hydrogens is 492 g/mol. The highest BCUT2D eigenvalue weighted by Gasteiger charge is 2.15. The van der Waals surface area contributed by atoms with Crippen LogP contribution in [-0.4, -0.2) is 43.1 Å². The van der Waals surface area contributed by atoms with Crippen molar-refractivity contribution in [2.45, 2.75) is 13.5 Å². The van der Waals surface area contributed by atoms with Crippen LogP contribution in [0.4, 0.5) is 17.1 Å². The molecule has 1 aliphatic rings. The van der Waals surface area contributed by atoms with Gasteiger partial charge in [0.05, 0.1) is 13.2 Å². The molecule has 1 aromatic heterocycles. The number of ether oxygens (including phenoxy) is 2. The third kappa shape index (κ3) is 6.80. The molecule has 4 aromatic rings. The maximum atomic E-state index is 13.0. The quantitative estimate of drug-likeness (QED) is 0.326. The summed E-state index contributed by atoms with van der Waals surface area (Å²) in [4.78, 5) is 32.2. The number of aromatic nitrogens is 1. The van der Waals surface area contributed by atoms with Gasteiger partial charge in [0.15, 0.2) is 0 Å². The molecule has 198 valence electrons. The second-order valence-electron chi connectivity index (χ2n) is 9.26. The fourth-order valence-corrected chi connectivity index (χ4v) is 4.25. The summed E-state index contributed by atoms with van der Waals surface area (Å²) < 4.78 is 11.2. The van der Waals surface area contributed by atoms with E-state index in [0.29, 0.717) is 48.1 Å². The lowest BCUT2D eigenvalue weighted by atomic mass is 10.1. The van der Waals surface area contributed by atoms with Crippen LogP contribution in [0.3, 0.4) is 0 Å². The minimum absolute atomic E-state index is 0.214. The molecule has 0 saturated carbocycles. The van der Waals surface area contributed by atoms with Gasteiger partial charge in [0.25, 0.3) is 11.8 Å². The average Bonchev–Trinajstić information content (AvgIpc) is 2.99. The van der Waals surface area contributed by atoms with Crippen molar-refractivity contribution < 1.29 is 19.1 Å². The highest BCUT2D eigenvalue weighted by molar-refractivity contribution is 6.07. The van der Waals surface area contributed by atoms with E-state index in [2.05, 4.69) is 20.5 Å². The van der Waals surface area contributed by atoms with E-state index in [0.717, 1.165) is 29.9 Å². The van der Waals surface area contributed by atoms with Crippen molar-refractivity contribution in [1.82, 2.24) is 4.98 Å². The molecule has 39 heavy (non-hydrogen) atoms. The van der Waals surface area contributed by atoms with Gasteiger partial charge in [-0.2, -0.15) is 0 Å². The predicted molar refractivity (Wildman–Crippen MR) is 152 cm³/mol. The van der Waals surface area contributed by atoms with Crippen molar-refractivity contribution in [2.75, 3.05) is 41.8 Å². The van der Waals surface area contributed by atoms with E-state index in [-0.39, 0.29) is 11.8 Å². The lowest BCUT2D eigenvalue weighted by molar-refractivity contribution is 0.101. The van der Waals surface area contributed by atoms with Crippen molar-refractivity contribution >= 4 is 28.9 Å². The standard InChI is InChI=1S/C31H30N4O4/c1-22-5-8-26(33-31(37)25-3-2-4-27(19-25)35-15-17-38-18-16-35)20-29(22)34-30(36)24-6-9-28(10-7-24)39-21-23-11-13-32-14-12-23/h2-14,19-20H,15-18,21H2,1H3,(H,33,37)(H,34,36). The van der Waals surface area contributed by atoms with Crippen LogP contribution in [0.15, 0.2) is 91.3 Å². The molecular formula is C31H30N4O4. The zero-order chi connectivity index (χ0) is 27.0. The number of nitrogens with zero attached hydrogens (tertiary/aromatic N) is 2. The Morgan fingerprint density at radius 2 is 1.62 bits per heavy atom. The SMILES string of the molecule is Cc1ccc(NC(=O)c2cccc(N3CCOCC3)c2)cc1NC(=O)c1ccc(OCc2ccncc2)cc1. The van der Waals surface area contributed by atoms with Gasteiger partial charge in [-0.1, -0.05) is 12.1 Å². The molecule has 2 heterocycles. The van der Waals surface area contributed by atoms with E-state index >= 15 is 0 Å². The lowest BCUT2D eigenvalue weighted by Gasteiger charge is -2.29. The molecule has 1 saturated heterocycles. The third-order valence-electron chi connectivity index (χ3n) is 6.50. The minimum atomic E-state index is -0.250. The van der Waals surface area contributed by atoms with E-state index in [9.17, 15) is 9.59 Å². The van der Waals surface area contributed by atoms with Gasteiger partial charge in [0, 0.05) is 53.7 Å². The fourth-order valence-electron chi connectivity index (χ4n) is 4.25. The largest absolute Gasteiger partial charge is 0.489 e. The van der Waals surface area contributed by atoms with E-state index in [1.165, 1.54) is 0 Å². The number of hydrogen-bond acceptors (Lipinski definition) is 6. The molecule has 8 heteroatoms. The van der Waals surface area contributed by atoms with Gasteiger partial charge < -0.3 is 25.0 Å². The van der Waals surface area contributed by atoms with Gasteiger partial charge in [-0.05, 0) is 84.8 Å². The number of hydrogen-bond donors (Lipinski definition) is 2. The van der Waals surface area contributed by atoms with Crippen LogP contribution < -0.4 is 20.3 Å². The summed E-state index contributed by atoms with van der Waals surface area (Å²) in [5, 5.41) is 5.90. The number of pyridine rings is 1. The first-order valence-electron chi connectivity index (χ1n) is 12.8. The monoisotopic (exact) mass is 522 g/mol. The van der Waals surface area contributed by atoms with Crippen LogP contribution in [0.1, 0.15) is 31.8 Å². The number of rotatable bonds is 8. The van der Waals surface area contributed by atoms with Crippen molar-refractivity contribution in [3.8, 4) is 5.75 Å². The number of carbonyl (C=O) groups excluding carboxylic acids is 2. The topological polar surface area (TPSA) is 92.8 Å². The Labute approximate surface area is 227 Å². The van der Waals surface area contributed by atoms with Crippen molar-refractivity contribution in [1.29, 1.82) is 0 Å². The number of amides is 2. The molecule has 0 unspecified atom stereocenters. The van der Waals surface area contributed by atoms with Gasteiger partial charge >= 0.3 is 0 Å². The van der Waals surface area contributed by atoms with Crippen LogP contribution in [-0.2, 0) is 11.3 Å². The van der Waals surface area contributed by atoms with Crippen LogP contribution in [0.25, 0.3) is 0 Å². The van der Waals surface area contributed by atoms with Crippen LogP contribution in [0.2, 0.25) is 0 Å². The first-order chi connectivity index (χ1) is 19.0. The van der Waals surface area contributed by atoms with Crippen molar-refractivity contribution in [3.63, 3.8) is 0 Å². The summed E-state index contributed by atoms with van der Waals surface area (Å²) in [6.07, 6.45) is 3.44. The molecule has 2 N–H and O–H groups in total. The van der Waals surface area contributed by atoms with Crippen LogP contribution in [0.5, 0.6) is 5.75 Å². The van der Waals surface area contributed by atoms with Crippen molar-refractivity contribution in [2.24, 2.45) is 0 Å². The number of morpholine rings is 1. The Bertz CT molecular complexity index is 1430. The molecule has 0 atom stereocenters. The van der Waals surface area contributed by atoms with E-state index in [1.54, 1.807) is 48.8 Å². The molecule has 0 spiro atoms. The Kier molecular flexibility index (Phi) is 8.14. The molecule has 0 aliphatic carbocycles. The highest BCUT2D eigenvalue weighted by atomic mass is 16.5. The highest BCUT2D eigenvalue weighted by Crippen LogP contribution is 2.24. The Morgan fingerprint density at radius 3 is 2.38 bits per heavy atom. The summed E-state index contributed by atoms with van der Waals surface area (Å²) >= 11 is 0. The Balaban J connectivity index is 1.21. The summed E-state index contributed by atoms with van der Waals surface area (Å²) in [7, 11) is 0. The number of benzene rings is 3. The lowest BCUT2D eigenvalue weighted by Crippen LogP contribution is -2.36. The van der Waals surface area contributed by atoms with Gasteiger partial charge in [-0.15, -0.1) is 0 Å². The molecule has 0 bridgehead atoms. The average molecular weight is 523 g/mol. The molecule has 1 fully saturated rings. The third-order valence-corrected chi connectivity index (χ3v) is 6.50. The first kappa shape index (κ1) is 25.9. The summed E-state index contributed by atoms with van der Waals surface area (Å²) in [6.45, 7) is 5.28. The number of anilines is 3. The zero-order valence-corrected chi connectivity index (χ0v) is 21.7. The Hall–Kier alpha value is -4.69. The predicted octanol–water partition coefficient (Wildman–Crippen LogP) is 5.31. The molecule has 3 aromatic carbocycles. The minimum Gasteiger partial charge on any atom is -0.489 e.